The molecule has 0 aromatic heterocycles. The number of ether oxygens (including phenoxy) is 2. The van der Waals surface area contributed by atoms with E-state index in [4.69, 9.17) is 9.47 Å². The van der Waals surface area contributed by atoms with Crippen molar-refractivity contribution in [3.05, 3.63) is 59.7 Å². The molecule has 0 spiro atoms. The molecule has 25 heavy (non-hydrogen) atoms. The zero-order chi connectivity index (χ0) is 18.2. The van der Waals surface area contributed by atoms with Crippen LogP contribution in [-0.4, -0.2) is 31.3 Å². The Morgan fingerprint density at radius 1 is 1.08 bits per heavy atom. The Kier molecular flexibility index (Phi) is 6.83. The molecule has 134 valence electrons. The second-order valence-corrected chi connectivity index (χ2v) is 5.80. The standard InChI is InChI=1S/C20H25NO4/c1-4-16(21-19(22)12-14-8-6-5-7-9-14)20(23)15-10-11-17(24-2)18(13-15)25-3/h5-11,13,16,20,23H,4,12H2,1-3H3,(H,21,22). The molecule has 1 amide bonds. The summed E-state index contributed by atoms with van der Waals surface area (Å²) in [6, 6.07) is 14.4. The maximum atomic E-state index is 12.3. The molecule has 5 heteroatoms. The van der Waals surface area contributed by atoms with E-state index in [2.05, 4.69) is 5.32 Å². The minimum Gasteiger partial charge on any atom is -0.493 e. The Labute approximate surface area is 148 Å². The van der Waals surface area contributed by atoms with Crippen LogP contribution in [0.4, 0.5) is 0 Å². The van der Waals surface area contributed by atoms with Gasteiger partial charge in [-0.25, -0.2) is 0 Å². The molecule has 0 fully saturated rings. The molecule has 2 atom stereocenters. The van der Waals surface area contributed by atoms with Gasteiger partial charge in [0.25, 0.3) is 0 Å². The molecular formula is C20H25NO4. The second-order valence-electron chi connectivity index (χ2n) is 5.80. The first-order valence-electron chi connectivity index (χ1n) is 8.32. The summed E-state index contributed by atoms with van der Waals surface area (Å²) in [7, 11) is 3.11. The third-order valence-corrected chi connectivity index (χ3v) is 4.12. The number of benzene rings is 2. The Morgan fingerprint density at radius 2 is 1.76 bits per heavy atom. The third-order valence-electron chi connectivity index (χ3n) is 4.12. The quantitative estimate of drug-likeness (QED) is 0.773. The van der Waals surface area contributed by atoms with E-state index in [0.717, 1.165) is 5.56 Å². The first-order chi connectivity index (χ1) is 12.1. The van der Waals surface area contributed by atoms with Gasteiger partial charge in [-0.15, -0.1) is 0 Å². The molecule has 0 saturated carbocycles. The Hall–Kier alpha value is -2.53. The van der Waals surface area contributed by atoms with Crippen molar-refractivity contribution in [3.8, 4) is 11.5 Å². The van der Waals surface area contributed by atoms with Crippen LogP contribution in [0.15, 0.2) is 48.5 Å². The van der Waals surface area contributed by atoms with Crippen LogP contribution in [0.1, 0.15) is 30.6 Å². The lowest BCUT2D eigenvalue weighted by Crippen LogP contribution is -2.39. The lowest BCUT2D eigenvalue weighted by molar-refractivity contribution is -0.122. The highest BCUT2D eigenvalue weighted by molar-refractivity contribution is 5.78. The second kappa shape index (κ2) is 9.08. The van der Waals surface area contributed by atoms with Gasteiger partial charge in [-0.2, -0.15) is 0 Å². The fourth-order valence-electron chi connectivity index (χ4n) is 2.71. The molecule has 0 bridgehead atoms. The molecule has 0 heterocycles. The number of methoxy groups -OCH3 is 2. The van der Waals surface area contributed by atoms with Crippen LogP contribution in [0.3, 0.4) is 0 Å². The first kappa shape index (κ1) is 18.8. The number of carbonyl (C=O) groups excluding carboxylic acids is 1. The van der Waals surface area contributed by atoms with Gasteiger partial charge >= 0.3 is 0 Å². The van der Waals surface area contributed by atoms with Crippen LogP contribution in [0.5, 0.6) is 11.5 Å². The van der Waals surface area contributed by atoms with E-state index in [-0.39, 0.29) is 18.4 Å². The Morgan fingerprint density at radius 3 is 2.36 bits per heavy atom. The van der Waals surface area contributed by atoms with Crippen molar-refractivity contribution >= 4 is 5.91 Å². The van der Waals surface area contributed by atoms with Crippen molar-refractivity contribution in [2.24, 2.45) is 0 Å². The molecule has 2 rings (SSSR count). The van der Waals surface area contributed by atoms with Crippen molar-refractivity contribution in [3.63, 3.8) is 0 Å². The van der Waals surface area contributed by atoms with Gasteiger partial charge in [0.2, 0.25) is 5.91 Å². The molecule has 2 aromatic carbocycles. The number of rotatable bonds is 8. The van der Waals surface area contributed by atoms with Crippen molar-refractivity contribution in [1.82, 2.24) is 5.32 Å². The van der Waals surface area contributed by atoms with Gasteiger partial charge in [0.05, 0.1) is 32.8 Å². The van der Waals surface area contributed by atoms with Crippen LogP contribution < -0.4 is 14.8 Å². The number of aliphatic hydroxyl groups is 1. The molecule has 2 N–H and O–H groups in total. The van der Waals surface area contributed by atoms with E-state index in [1.165, 1.54) is 0 Å². The van der Waals surface area contributed by atoms with Gasteiger partial charge in [-0.3, -0.25) is 4.79 Å². The summed E-state index contributed by atoms with van der Waals surface area (Å²) in [5, 5.41) is 13.6. The minimum absolute atomic E-state index is 0.113. The van der Waals surface area contributed by atoms with Crippen LogP contribution in [0.25, 0.3) is 0 Å². The van der Waals surface area contributed by atoms with Crippen molar-refractivity contribution in [2.45, 2.75) is 31.9 Å². The van der Waals surface area contributed by atoms with E-state index in [1.807, 2.05) is 37.3 Å². The number of hydrogen-bond donors (Lipinski definition) is 2. The smallest absolute Gasteiger partial charge is 0.224 e. The molecular weight excluding hydrogens is 318 g/mol. The average molecular weight is 343 g/mol. The van der Waals surface area contributed by atoms with Crippen LogP contribution >= 0.6 is 0 Å². The fraction of sp³-hybridized carbons (Fsp3) is 0.350. The molecule has 0 aliphatic carbocycles. The average Bonchev–Trinajstić information content (AvgIpc) is 2.65. The molecule has 0 aliphatic heterocycles. The number of nitrogens with one attached hydrogen (secondary N) is 1. The summed E-state index contributed by atoms with van der Waals surface area (Å²) in [5.41, 5.74) is 1.61. The Balaban J connectivity index is 2.07. The molecule has 0 saturated heterocycles. The summed E-state index contributed by atoms with van der Waals surface area (Å²) in [6.07, 6.45) is 0.0657. The molecule has 5 nitrogen and oxygen atoms in total. The molecule has 2 aromatic rings. The predicted molar refractivity (Wildman–Crippen MR) is 96.9 cm³/mol. The first-order valence-corrected chi connectivity index (χ1v) is 8.32. The SMILES string of the molecule is CCC(NC(=O)Cc1ccccc1)C(O)c1ccc(OC)c(OC)c1. The van der Waals surface area contributed by atoms with Gasteiger partial charge in [-0.05, 0) is 29.7 Å². The largest absolute Gasteiger partial charge is 0.493 e. The normalized spacial score (nSPS) is 13.0. The van der Waals surface area contributed by atoms with Crippen molar-refractivity contribution < 1.29 is 19.4 Å². The number of hydrogen-bond acceptors (Lipinski definition) is 4. The van der Waals surface area contributed by atoms with E-state index in [0.29, 0.717) is 23.5 Å². The summed E-state index contributed by atoms with van der Waals surface area (Å²) in [6.45, 7) is 1.93. The summed E-state index contributed by atoms with van der Waals surface area (Å²) >= 11 is 0. The highest BCUT2D eigenvalue weighted by Crippen LogP contribution is 2.31. The lowest BCUT2D eigenvalue weighted by Gasteiger charge is -2.24. The summed E-state index contributed by atoms with van der Waals surface area (Å²) in [5.74, 6) is 1.03. The van der Waals surface area contributed by atoms with Crippen molar-refractivity contribution in [2.75, 3.05) is 14.2 Å². The Bertz CT molecular complexity index is 687. The maximum Gasteiger partial charge on any atom is 0.224 e. The van der Waals surface area contributed by atoms with Crippen LogP contribution in [0, 0.1) is 0 Å². The fourth-order valence-corrected chi connectivity index (χ4v) is 2.71. The topological polar surface area (TPSA) is 67.8 Å². The van der Waals surface area contributed by atoms with Crippen molar-refractivity contribution in [1.29, 1.82) is 0 Å². The van der Waals surface area contributed by atoms with Crippen LogP contribution in [-0.2, 0) is 11.2 Å². The van der Waals surface area contributed by atoms with Gasteiger partial charge in [-0.1, -0.05) is 43.3 Å². The minimum atomic E-state index is -0.829. The van der Waals surface area contributed by atoms with Gasteiger partial charge in [0.15, 0.2) is 11.5 Å². The van der Waals surface area contributed by atoms with E-state index >= 15 is 0 Å². The van der Waals surface area contributed by atoms with Gasteiger partial charge in [0.1, 0.15) is 0 Å². The van der Waals surface area contributed by atoms with Gasteiger partial charge in [0, 0.05) is 0 Å². The number of amides is 1. The molecule has 0 aliphatic rings. The monoisotopic (exact) mass is 343 g/mol. The highest BCUT2D eigenvalue weighted by Gasteiger charge is 2.22. The summed E-state index contributed by atoms with van der Waals surface area (Å²) < 4.78 is 10.5. The zero-order valence-electron chi connectivity index (χ0n) is 14.9. The molecule has 0 radical (unpaired) electrons. The lowest BCUT2D eigenvalue weighted by atomic mass is 9.99. The highest BCUT2D eigenvalue weighted by atomic mass is 16.5. The van der Waals surface area contributed by atoms with Crippen LogP contribution in [0.2, 0.25) is 0 Å². The van der Waals surface area contributed by atoms with E-state index in [1.54, 1.807) is 32.4 Å². The van der Waals surface area contributed by atoms with Gasteiger partial charge < -0.3 is 19.9 Å². The third kappa shape index (κ3) is 4.97. The van der Waals surface area contributed by atoms with E-state index in [9.17, 15) is 9.90 Å². The predicted octanol–water partition coefficient (Wildman–Crippen LogP) is 2.87. The van der Waals surface area contributed by atoms with E-state index < -0.39 is 6.10 Å². The molecule has 2 unspecified atom stereocenters. The zero-order valence-corrected chi connectivity index (χ0v) is 14.9. The number of aliphatic hydroxyl groups excluding tert-OH is 1. The number of carbonyl (C=O) groups is 1. The maximum absolute atomic E-state index is 12.3. The summed E-state index contributed by atoms with van der Waals surface area (Å²) in [4.78, 5) is 12.3.